The zero-order valence-corrected chi connectivity index (χ0v) is 10.3. The van der Waals surface area contributed by atoms with Crippen LogP contribution in [0.1, 0.15) is 18.6 Å². The summed E-state index contributed by atoms with van der Waals surface area (Å²) < 4.78 is 0. The molecule has 0 saturated heterocycles. The Hall–Kier alpha value is -1.45. The molecule has 0 saturated carbocycles. The number of rotatable bonds is 1. The molecule has 0 bridgehead atoms. The zero-order chi connectivity index (χ0) is 11.8. The van der Waals surface area contributed by atoms with Gasteiger partial charge >= 0.3 is 0 Å². The van der Waals surface area contributed by atoms with Crippen molar-refractivity contribution in [3.05, 3.63) is 48.0 Å². The first kappa shape index (κ1) is 10.7. The number of hydrogen-bond donors (Lipinski definition) is 2. The largest absolute Gasteiger partial charge is 0.389 e. The third kappa shape index (κ3) is 1.92. The second-order valence-corrected chi connectivity index (χ2v) is 5.24. The van der Waals surface area contributed by atoms with Gasteiger partial charge in [-0.25, -0.2) is 0 Å². The maximum absolute atomic E-state index is 9.59. The third-order valence-corrected chi connectivity index (χ3v) is 4.00. The molecule has 17 heavy (non-hydrogen) atoms. The summed E-state index contributed by atoms with van der Waals surface area (Å²) in [6.45, 7) is 1.79. The number of aliphatic hydroxyl groups is 1. The molecule has 0 amide bonds. The van der Waals surface area contributed by atoms with E-state index < -0.39 is 6.10 Å². The van der Waals surface area contributed by atoms with E-state index in [2.05, 4.69) is 17.4 Å². The number of aliphatic hydroxyl groups excluding tert-OH is 1. The molecule has 2 N–H and O–H groups in total. The van der Waals surface area contributed by atoms with Gasteiger partial charge in [0, 0.05) is 9.79 Å². The van der Waals surface area contributed by atoms with Crippen LogP contribution in [-0.2, 0) is 0 Å². The highest BCUT2D eigenvalue weighted by Gasteiger charge is 2.15. The van der Waals surface area contributed by atoms with Crippen molar-refractivity contribution in [3.63, 3.8) is 0 Å². The monoisotopic (exact) mass is 243 g/mol. The van der Waals surface area contributed by atoms with Crippen LogP contribution in [0, 0.1) is 0 Å². The van der Waals surface area contributed by atoms with Gasteiger partial charge in [-0.15, -0.1) is 0 Å². The van der Waals surface area contributed by atoms with E-state index in [-0.39, 0.29) is 0 Å². The van der Waals surface area contributed by atoms with Crippen molar-refractivity contribution in [3.8, 4) is 0 Å². The fourth-order valence-corrected chi connectivity index (χ4v) is 2.95. The predicted molar refractivity (Wildman–Crippen MR) is 70.9 cm³/mol. The molecule has 2 aromatic carbocycles. The Bertz CT molecular complexity index is 566. The van der Waals surface area contributed by atoms with Crippen LogP contribution >= 0.6 is 11.8 Å². The van der Waals surface area contributed by atoms with Crippen LogP contribution in [0.3, 0.4) is 0 Å². The van der Waals surface area contributed by atoms with E-state index in [1.807, 2.05) is 30.3 Å². The molecule has 1 aliphatic rings. The molecule has 1 aliphatic heterocycles. The Kier molecular flexibility index (Phi) is 2.57. The van der Waals surface area contributed by atoms with Gasteiger partial charge in [0.15, 0.2) is 0 Å². The molecule has 0 fully saturated rings. The molecule has 0 aromatic heterocycles. The molecule has 0 spiro atoms. The van der Waals surface area contributed by atoms with Crippen molar-refractivity contribution < 1.29 is 5.11 Å². The van der Waals surface area contributed by atoms with Crippen molar-refractivity contribution in [2.75, 3.05) is 5.32 Å². The van der Waals surface area contributed by atoms with Crippen LogP contribution in [-0.4, -0.2) is 5.11 Å². The number of anilines is 2. The number of fused-ring (bicyclic) bond motifs is 2. The van der Waals surface area contributed by atoms with Crippen LogP contribution < -0.4 is 5.32 Å². The van der Waals surface area contributed by atoms with Gasteiger partial charge in [-0.05, 0) is 36.8 Å². The lowest BCUT2D eigenvalue weighted by Crippen LogP contribution is -2.01. The molecule has 3 heteroatoms. The van der Waals surface area contributed by atoms with Crippen LogP contribution in [0.25, 0.3) is 0 Å². The molecule has 1 unspecified atom stereocenters. The Morgan fingerprint density at radius 3 is 2.65 bits per heavy atom. The van der Waals surface area contributed by atoms with E-state index in [1.54, 1.807) is 18.7 Å². The van der Waals surface area contributed by atoms with Gasteiger partial charge in [0.2, 0.25) is 0 Å². The molecule has 2 nitrogen and oxygen atoms in total. The topological polar surface area (TPSA) is 32.3 Å². The van der Waals surface area contributed by atoms with Gasteiger partial charge in [-0.2, -0.15) is 0 Å². The van der Waals surface area contributed by atoms with Gasteiger partial charge in [0.1, 0.15) is 0 Å². The summed E-state index contributed by atoms with van der Waals surface area (Å²) >= 11 is 1.74. The molecule has 0 aliphatic carbocycles. The first-order valence-electron chi connectivity index (χ1n) is 5.60. The molecule has 1 atom stereocenters. The van der Waals surface area contributed by atoms with E-state index in [4.69, 9.17) is 0 Å². The van der Waals surface area contributed by atoms with Gasteiger partial charge < -0.3 is 10.4 Å². The minimum absolute atomic E-state index is 0.418. The Morgan fingerprint density at radius 2 is 1.82 bits per heavy atom. The quantitative estimate of drug-likeness (QED) is 0.678. The number of benzene rings is 2. The van der Waals surface area contributed by atoms with Crippen molar-refractivity contribution in [1.82, 2.24) is 0 Å². The lowest BCUT2D eigenvalue weighted by molar-refractivity contribution is 0.199. The maximum Gasteiger partial charge on any atom is 0.0762 e. The minimum atomic E-state index is -0.418. The SMILES string of the molecule is CC(O)c1ccc2c(c1)Sc1ccccc1N2. The Labute approximate surface area is 105 Å². The van der Waals surface area contributed by atoms with E-state index in [0.29, 0.717) is 0 Å². The molecular formula is C14H13NOS. The highest BCUT2D eigenvalue weighted by atomic mass is 32.2. The summed E-state index contributed by atoms with van der Waals surface area (Å²) in [6.07, 6.45) is -0.418. The molecule has 86 valence electrons. The van der Waals surface area contributed by atoms with E-state index in [1.165, 1.54) is 9.79 Å². The zero-order valence-electron chi connectivity index (χ0n) is 9.47. The summed E-state index contributed by atoms with van der Waals surface area (Å²) in [5.41, 5.74) is 3.21. The Balaban J connectivity index is 2.03. The van der Waals surface area contributed by atoms with Crippen molar-refractivity contribution in [2.45, 2.75) is 22.8 Å². The highest BCUT2D eigenvalue weighted by Crippen LogP contribution is 2.44. The fraction of sp³-hybridized carbons (Fsp3) is 0.143. The predicted octanol–water partition coefficient (Wildman–Crippen LogP) is 3.95. The summed E-state index contributed by atoms with van der Waals surface area (Å²) in [4.78, 5) is 2.39. The summed E-state index contributed by atoms with van der Waals surface area (Å²) in [5.74, 6) is 0. The fourth-order valence-electron chi connectivity index (χ4n) is 1.91. The second-order valence-electron chi connectivity index (χ2n) is 4.15. The van der Waals surface area contributed by atoms with Crippen LogP contribution in [0.5, 0.6) is 0 Å². The average Bonchev–Trinajstić information content (AvgIpc) is 2.35. The van der Waals surface area contributed by atoms with Crippen molar-refractivity contribution in [2.24, 2.45) is 0 Å². The minimum Gasteiger partial charge on any atom is -0.389 e. The number of hydrogen-bond acceptors (Lipinski definition) is 3. The maximum atomic E-state index is 9.59. The number of nitrogens with one attached hydrogen (secondary N) is 1. The summed E-state index contributed by atoms with van der Waals surface area (Å²) in [7, 11) is 0. The Morgan fingerprint density at radius 1 is 1.06 bits per heavy atom. The standard InChI is InChI=1S/C14H13NOS/c1-9(16)10-6-7-12-14(8-10)17-13-5-3-2-4-11(13)15-12/h2-9,15-16H,1H3. The second kappa shape index (κ2) is 4.09. The molecule has 3 rings (SSSR count). The van der Waals surface area contributed by atoms with E-state index in [9.17, 15) is 5.11 Å². The van der Waals surface area contributed by atoms with E-state index >= 15 is 0 Å². The lowest BCUT2D eigenvalue weighted by Gasteiger charge is -2.21. The van der Waals surface area contributed by atoms with Crippen LogP contribution in [0.15, 0.2) is 52.3 Å². The molecular weight excluding hydrogens is 230 g/mol. The number of para-hydroxylation sites is 1. The van der Waals surface area contributed by atoms with Crippen LogP contribution in [0.2, 0.25) is 0 Å². The first-order chi connectivity index (χ1) is 8.24. The van der Waals surface area contributed by atoms with Gasteiger partial charge in [0.05, 0.1) is 17.5 Å². The van der Waals surface area contributed by atoms with Gasteiger partial charge in [-0.1, -0.05) is 30.0 Å². The normalized spacial score (nSPS) is 14.5. The molecule has 0 radical (unpaired) electrons. The van der Waals surface area contributed by atoms with Gasteiger partial charge in [0.25, 0.3) is 0 Å². The van der Waals surface area contributed by atoms with Crippen LogP contribution in [0.4, 0.5) is 11.4 Å². The smallest absolute Gasteiger partial charge is 0.0762 e. The summed E-state index contributed by atoms with van der Waals surface area (Å²) in [6, 6.07) is 14.3. The first-order valence-corrected chi connectivity index (χ1v) is 6.41. The highest BCUT2D eigenvalue weighted by molar-refractivity contribution is 7.99. The third-order valence-electron chi connectivity index (χ3n) is 2.86. The van der Waals surface area contributed by atoms with E-state index in [0.717, 1.165) is 16.9 Å². The van der Waals surface area contributed by atoms with Crippen molar-refractivity contribution >= 4 is 23.1 Å². The van der Waals surface area contributed by atoms with Gasteiger partial charge in [-0.3, -0.25) is 0 Å². The average molecular weight is 243 g/mol. The lowest BCUT2D eigenvalue weighted by atomic mass is 10.1. The van der Waals surface area contributed by atoms with Crippen molar-refractivity contribution in [1.29, 1.82) is 0 Å². The molecule has 2 aromatic rings. The summed E-state index contributed by atoms with van der Waals surface area (Å²) in [5, 5.41) is 13.0. The molecule has 1 heterocycles.